The molecule has 130 valence electrons. The van der Waals surface area contributed by atoms with Crippen LogP contribution in [-0.2, 0) is 6.18 Å². The molecule has 0 saturated carbocycles. The van der Waals surface area contributed by atoms with E-state index in [1.165, 1.54) is 24.8 Å². The van der Waals surface area contributed by atoms with Crippen LogP contribution in [0.3, 0.4) is 0 Å². The number of anilines is 1. The fourth-order valence-electron chi connectivity index (χ4n) is 1.95. The lowest BCUT2D eigenvalue weighted by atomic mass is 10.1. The number of benzene rings is 1. The monoisotopic (exact) mass is 358 g/mol. The third-order valence-electron chi connectivity index (χ3n) is 3.41. The highest BCUT2D eigenvalue weighted by molar-refractivity contribution is 7.99. The number of hydrogen-bond donors (Lipinski definition) is 1. The van der Waals surface area contributed by atoms with Gasteiger partial charge in [0.1, 0.15) is 0 Å². The number of thioether (sulfide) groups is 1. The third kappa shape index (κ3) is 4.31. The van der Waals surface area contributed by atoms with Gasteiger partial charge in [-0.25, -0.2) is 4.98 Å². The second-order valence-electron chi connectivity index (χ2n) is 5.26. The van der Waals surface area contributed by atoms with Gasteiger partial charge in [0.2, 0.25) is 5.76 Å². The van der Waals surface area contributed by atoms with Crippen LogP contribution in [0, 0.1) is 6.92 Å². The van der Waals surface area contributed by atoms with Crippen molar-refractivity contribution in [1.29, 1.82) is 0 Å². The van der Waals surface area contributed by atoms with Crippen LogP contribution < -0.4 is 5.32 Å². The van der Waals surface area contributed by atoms with Crippen LogP contribution >= 0.6 is 11.8 Å². The van der Waals surface area contributed by atoms with Gasteiger partial charge < -0.3 is 9.73 Å². The molecule has 2 aromatic rings. The second kappa shape index (κ2) is 7.29. The van der Waals surface area contributed by atoms with Crippen LogP contribution in [0.1, 0.15) is 42.1 Å². The summed E-state index contributed by atoms with van der Waals surface area (Å²) in [6.07, 6.45) is -2.67. The van der Waals surface area contributed by atoms with Gasteiger partial charge in [-0.1, -0.05) is 13.8 Å². The Hall–Kier alpha value is -1.96. The van der Waals surface area contributed by atoms with Crippen molar-refractivity contribution < 1.29 is 22.4 Å². The van der Waals surface area contributed by atoms with E-state index in [4.69, 9.17) is 4.42 Å². The zero-order valence-electron chi connectivity index (χ0n) is 13.4. The summed E-state index contributed by atoms with van der Waals surface area (Å²) < 4.78 is 44.9. The third-order valence-corrected chi connectivity index (χ3v) is 4.67. The average molecular weight is 358 g/mol. The minimum absolute atomic E-state index is 0.110. The lowest BCUT2D eigenvalue weighted by Crippen LogP contribution is -2.17. The Kier molecular flexibility index (Phi) is 5.58. The van der Waals surface area contributed by atoms with Gasteiger partial charge in [-0.05, 0) is 31.5 Å². The van der Waals surface area contributed by atoms with E-state index >= 15 is 0 Å². The topological polar surface area (TPSA) is 55.1 Å². The zero-order chi connectivity index (χ0) is 17.9. The minimum atomic E-state index is -4.58. The lowest BCUT2D eigenvalue weighted by molar-refractivity contribution is -0.137. The maximum absolute atomic E-state index is 13.3. The SMILES string of the molecule is CCC(C)Sc1ccc(NC(=O)c2ocnc2C)c(C(F)(F)F)c1. The number of rotatable bonds is 5. The van der Waals surface area contributed by atoms with Crippen LogP contribution in [0.25, 0.3) is 0 Å². The van der Waals surface area contributed by atoms with Crippen molar-refractivity contribution in [2.45, 2.75) is 43.5 Å². The quantitative estimate of drug-likeness (QED) is 0.752. The van der Waals surface area contributed by atoms with Crippen molar-refractivity contribution >= 4 is 23.4 Å². The molecule has 0 bridgehead atoms. The molecule has 0 saturated heterocycles. The molecule has 8 heteroatoms. The van der Waals surface area contributed by atoms with E-state index in [1.807, 2.05) is 13.8 Å². The molecule has 0 spiro atoms. The van der Waals surface area contributed by atoms with Gasteiger partial charge in [0, 0.05) is 10.1 Å². The van der Waals surface area contributed by atoms with Crippen LogP contribution in [0.15, 0.2) is 33.9 Å². The average Bonchev–Trinajstić information content (AvgIpc) is 2.93. The normalized spacial score (nSPS) is 12.9. The van der Waals surface area contributed by atoms with E-state index in [9.17, 15) is 18.0 Å². The summed E-state index contributed by atoms with van der Waals surface area (Å²) in [5, 5.41) is 2.45. The largest absolute Gasteiger partial charge is 0.438 e. The number of alkyl halides is 3. The Balaban J connectivity index is 2.32. The number of hydrogen-bond acceptors (Lipinski definition) is 4. The molecule has 24 heavy (non-hydrogen) atoms. The molecule has 1 unspecified atom stereocenters. The second-order valence-corrected chi connectivity index (χ2v) is 6.77. The highest BCUT2D eigenvalue weighted by Gasteiger charge is 2.34. The first-order valence-electron chi connectivity index (χ1n) is 7.31. The molecule has 0 aliphatic carbocycles. The molecular weight excluding hydrogens is 341 g/mol. The van der Waals surface area contributed by atoms with Crippen molar-refractivity contribution in [3.05, 3.63) is 41.6 Å². The number of nitrogens with one attached hydrogen (secondary N) is 1. The number of amides is 1. The number of oxazole rings is 1. The molecule has 0 aliphatic rings. The first-order chi connectivity index (χ1) is 11.2. The summed E-state index contributed by atoms with van der Waals surface area (Å²) in [7, 11) is 0. The molecule has 1 aromatic heterocycles. The maximum atomic E-state index is 13.3. The van der Waals surface area contributed by atoms with Crippen molar-refractivity contribution in [3.63, 3.8) is 0 Å². The summed E-state index contributed by atoms with van der Waals surface area (Å²) in [5.41, 5.74) is -0.886. The molecule has 1 atom stereocenters. The minimum Gasteiger partial charge on any atom is -0.438 e. The Morgan fingerprint density at radius 1 is 1.42 bits per heavy atom. The first-order valence-corrected chi connectivity index (χ1v) is 8.19. The molecule has 1 heterocycles. The highest BCUT2D eigenvalue weighted by atomic mass is 32.2. The number of aromatic nitrogens is 1. The number of carbonyl (C=O) groups is 1. The Morgan fingerprint density at radius 2 is 2.12 bits per heavy atom. The molecule has 4 nitrogen and oxygen atoms in total. The van der Waals surface area contributed by atoms with E-state index in [1.54, 1.807) is 6.07 Å². The summed E-state index contributed by atoms with van der Waals surface area (Å²) in [6.45, 7) is 5.45. The fraction of sp³-hybridized carbons (Fsp3) is 0.375. The van der Waals surface area contributed by atoms with E-state index in [2.05, 4.69) is 10.3 Å². The summed E-state index contributed by atoms with van der Waals surface area (Å²) in [5.74, 6) is -0.876. The van der Waals surface area contributed by atoms with E-state index in [-0.39, 0.29) is 16.7 Å². The van der Waals surface area contributed by atoms with Crippen LogP contribution in [-0.4, -0.2) is 16.1 Å². The highest BCUT2D eigenvalue weighted by Crippen LogP contribution is 2.38. The van der Waals surface area contributed by atoms with Gasteiger partial charge in [0.25, 0.3) is 5.91 Å². The van der Waals surface area contributed by atoms with Gasteiger partial charge in [0.05, 0.1) is 16.9 Å². The molecule has 1 N–H and O–H groups in total. The van der Waals surface area contributed by atoms with Crippen molar-refractivity contribution in [2.24, 2.45) is 0 Å². The van der Waals surface area contributed by atoms with Crippen molar-refractivity contribution in [1.82, 2.24) is 4.98 Å². The number of nitrogens with zero attached hydrogens (tertiary/aromatic N) is 1. The predicted molar refractivity (Wildman–Crippen MR) is 86.2 cm³/mol. The van der Waals surface area contributed by atoms with E-state index in [0.29, 0.717) is 10.6 Å². The lowest BCUT2D eigenvalue weighted by Gasteiger charge is -2.16. The molecule has 0 aliphatic heterocycles. The zero-order valence-corrected chi connectivity index (χ0v) is 14.2. The Labute approximate surface area is 141 Å². The molecule has 2 rings (SSSR count). The van der Waals surface area contributed by atoms with Crippen LogP contribution in [0.5, 0.6) is 0 Å². The van der Waals surface area contributed by atoms with Gasteiger partial charge in [0.15, 0.2) is 6.39 Å². The first kappa shape index (κ1) is 18.4. The van der Waals surface area contributed by atoms with Gasteiger partial charge in [-0.2, -0.15) is 13.2 Å². The van der Waals surface area contributed by atoms with Gasteiger partial charge in [-0.15, -0.1) is 11.8 Å². The molecule has 0 radical (unpaired) electrons. The maximum Gasteiger partial charge on any atom is 0.418 e. The van der Waals surface area contributed by atoms with E-state index < -0.39 is 17.6 Å². The molecule has 1 amide bonds. The summed E-state index contributed by atoms with van der Waals surface area (Å²) >= 11 is 1.36. The fourth-order valence-corrected chi connectivity index (χ4v) is 2.92. The van der Waals surface area contributed by atoms with E-state index in [0.717, 1.165) is 18.9 Å². The van der Waals surface area contributed by atoms with Crippen LogP contribution in [0.2, 0.25) is 0 Å². The van der Waals surface area contributed by atoms with Gasteiger partial charge in [-0.3, -0.25) is 4.79 Å². The predicted octanol–water partition coefficient (Wildman–Crippen LogP) is 5.14. The van der Waals surface area contributed by atoms with Crippen molar-refractivity contribution in [3.8, 4) is 0 Å². The Bertz CT molecular complexity index is 728. The number of carbonyl (C=O) groups excluding carboxylic acids is 1. The summed E-state index contributed by atoms with van der Waals surface area (Å²) in [4.78, 5) is 16.3. The van der Waals surface area contributed by atoms with Gasteiger partial charge >= 0.3 is 6.18 Å². The molecule has 0 fully saturated rings. The number of aryl methyl sites for hydroxylation is 1. The Morgan fingerprint density at radius 3 is 2.67 bits per heavy atom. The van der Waals surface area contributed by atoms with Crippen molar-refractivity contribution in [2.75, 3.05) is 5.32 Å². The molecule has 1 aromatic carbocycles. The summed E-state index contributed by atoms with van der Waals surface area (Å²) in [6, 6.07) is 3.88. The smallest absolute Gasteiger partial charge is 0.418 e. The number of halogens is 3. The molecular formula is C16H17F3N2O2S. The van der Waals surface area contributed by atoms with Crippen LogP contribution in [0.4, 0.5) is 18.9 Å². The standard InChI is InChI=1S/C16H17F3N2O2S/c1-4-9(2)24-11-5-6-13(12(7-11)16(17,18)19)21-15(22)14-10(3)20-8-23-14/h5-9H,4H2,1-3H3,(H,21,22).